The molecule has 3 aromatic rings. The number of ketones is 1. The maximum atomic E-state index is 13.0. The van der Waals surface area contributed by atoms with Gasteiger partial charge in [-0.15, -0.1) is 11.8 Å². The SMILES string of the molecule is CSc1ccc(/C=C/C(=O)c2ccc(NC(=O)C(c3ccc(OC(F)F)cc3)C(C)C)cc2)cc1. The molecule has 35 heavy (non-hydrogen) atoms. The molecule has 0 fully saturated rings. The lowest BCUT2D eigenvalue weighted by Gasteiger charge is -2.21. The fourth-order valence-corrected chi connectivity index (χ4v) is 4.02. The Labute approximate surface area is 208 Å². The second kappa shape index (κ2) is 12.3. The summed E-state index contributed by atoms with van der Waals surface area (Å²) in [7, 11) is 0. The molecule has 7 heteroatoms. The Morgan fingerprint density at radius 3 is 2.09 bits per heavy atom. The number of hydrogen-bond donors (Lipinski definition) is 1. The van der Waals surface area contributed by atoms with E-state index in [1.54, 1.807) is 54.2 Å². The minimum Gasteiger partial charge on any atom is -0.435 e. The highest BCUT2D eigenvalue weighted by molar-refractivity contribution is 7.98. The molecule has 0 aliphatic heterocycles. The van der Waals surface area contributed by atoms with Gasteiger partial charge in [0.1, 0.15) is 5.75 Å². The number of nitrogens with one attached hydrogen (secondary N) is 1. The first-order valence-corrected chi connectivity index (χ1v) is 12.3. The smallest absolute Gasteiger partial charge is 0.387 e. The fourth-order valence-electron chi connectivity index (χ4n) is 3.62. The second-order valence-electron chi connectivity index (χ2n) is 8.21. The molecule has 1 atom stereocenters. The van der Waals surface area contributed by atoms with Gasteiger partial charge in [-0.2, -0.15) is 8.78 Å². The molecule has 0 saturated heterocycles. The molecule has 3 rings (SSSR count). The van der Waals surface area contributed by atoms with Crippen molar-refractivity contribution in [3.63, 3.8) is 0 Å². The van der Waals surface area contributed by atoms with Crippen molar-refractivity contribution in [1.82, 2.24) is 0 Å². The highest BCUT2D eigenvalue weighted by atomic mass is 32.2. The molecule has 1 amide bonds. The lowest BCUT2D eigenvalue weighted by atomic mass is 9.87. The van der Waals surface area contributed by atoms with Crippen LogP contribution in [-0.2, 0) is 4.79 Å². The Kier molecular flexibility index (Phi) is 9.20. The third-order valence-corrected chi connectivity index (χ3v) is 6.14. The van der Waals surface area contributed by atoms with Crippen LogP contribution in [0.5, 0.6) is 5.75 Å². The number of ether oxygens (including phenoxy) is 1. The number of thioether (sulfide) groups is 1. The Bertz CT molecular complexity index is 1160. The van der Waals surface area contributed by atoms with E-state index in [1.807, 2.05) is 44.4 Å². The Morgan fingerprint density at radius 1 is 0.914 bits per heavy atom. The first-order valence-electron chi connectivity index (χ1n) is 11.1. The molecule has 0 aromatic heterocycles. The molecule has 0 aliphatic rings. The second-order valence-corrected chi connectivity index (χ2v) is 9.09. The van der Waals surface area contributed by atoms with E-state index in [0.29, 0.717) is 16.8 Å². The Balaban J connectivity index is 1.65. The topological polar surface area (TPSA) is 55.4 Å². The van der Waals surface area contributed by atoms with E-state index in [2.05, 4.69) is 10.1 Å². The Morgan fingerprint density at radius 2 is 1.54 bits per heavy atom. The fraction of sp³-hybridized carbons (Fsp3) is 0.214. The van der Waals surface area contributed by atoms with Gasteiger partial charge in [0.15, 0.2) is 5.78 Å². The van der Waals surface area contributed by atoms with E-state index < -0.39 is 12.5 Å². The van der Waals surface area contributed by atoms with Gasteiger partial charge in [0, 0.05) is 16.1 Å². The van der Waals surface area contributed by atoms with E-state index in [4.69, 9.17) is 0 Å². The predicted octanol–water partition coefficient (Wildman–Crippen LogP) is 7.28. The van der Waals surface area contributed by atoms with Crippen LogP contribution in [0.15, 0.2) is 83.8 Å². The van der Waals surface area contributed by atoms with Crippen LogP contribution in [0.25, 0.3) is 6.08 Å². The maximum Gasteiger partial charge on any atom is 0.387 e. The number of halogens is 2. The summed E-state index contributed by atoms with van der Waals surface area (Å²) in [6.45, 7) is 0.925. The zero-order valence-electron chi connectivity index (χ0n) is 19.7. The largest absolute Gasteiger partial charge is 0.435 e. The lowest BCUT2D eigenvalue weighted by molar-refractivity contribution is -0.118. The molecule has 3 aromatic carbocycles. The van der Waals surface area contributed by atoms with Crippen LogP contribution in [0, 0.1) is 5.92 Å². The number of allylic oxidation sites excluding steroid dienone is 1. The minimum atomic E-state index is -2.90. The summed E-state index contributed by atoms with van der Waals surface area (Å²) < 4.78 is 29.2. The number of anilines is 1. The number of benzene rings is 3. The monoisotopic (exact) mass is 495 g/mol. The van der Waals surface area contributed by atoms with Crippen LogP contribution in [0.1, 0.15) is 41.3 Å². The van der Waals surface area contributed by atoms with Crippen molar-refractivity contribution in [2.45, 2.75) is 31.3 Å². The highest BCUT2D eigenvalue weighted by Crippen LogP contribution is 2.28. The van der Waals surface area contributed by atoms with Gasteiger partial charge in [0.25, 0.3) is 0 Å². The van der Waals surface area contributed by atoms with Crippen molar-refractivity contribution < 1.29 is 23.1 Å². The lowest BCUT2D eigenvalue weighted by Crippen LogP contribution is -2.25. The third kappa shape index (κ3) is 7.52. The van der Waals surface area contributed by atoms with Crippen LogP contribution in [0.4, 0.5) is 14.5 Å². The summed E-state index contributed by atoms with van der Waals surface area (Å²) >= 11 is 1.66. The summed E-state index contributed by atoms with van der Waals surface area (Å²) in [6.07, 6.45) is 5.31. The summed E-state index contributed by atoms with van der Waals surface area (Å²) in [5, 5.41) is 2.88. The van der Waals surface area contributed by atoms with Gasteiger partial charge in [-0.05, 0) is 77.9 Å². The summed E-state index contributed by atoms with van der Waals surface area (Å²) in [5.41, 5.74) is 2.71. The molecule has 0 radical (unpaired) electrons. The van der Waals surface area contributed by atoms with Crippen LogP contribution in [0.2, 0.25) is 0 Å². The molecule has 182 valence electrons. The molecule has 0 heterocycles. The molecule has 0 spiro atoms. The van der Waals surface area contributed by atoms with E-state index in [-0.39, 0.29) is 23.4 Å². The zero-order chi connectivity index (χ0) is 25.4. The summed E-state index contributed by atoms with van der Waals surface area (Å²) in [5.74, 6) is -0.846. The van der Waals surface area contributed by atoms with E-state index in [1.165, 1.54) is 18.2 Å². The molecular weight excluding hydrogens is 468 g/mol. The van der Waals surface area contributed by atoms with E-state index in [9.17, 15) is 18.4 Å². The summed E-state index contributed by atoms with van der Waals surface area (Å²) in [4.78, 5) is 26.7. The van der Waals surface area contributed by atoms with E-state index >= 15 is 0 Å². The van der Waals surface area contributed by atoms with Gasteiger partial charge >= 0.3 is 6.61 Å². The molecule has 1 unspecified atom stereocenters. The number of amides is 1. The van der Waals surface area contributed by atoms with Crippen molar-refractivity contribution in [3.8, 4) is 5.75 Å². The molecule has 0 saturated carbocycles. The van der Waals surface area contributed by atoms with Crippen molar-refractivity contribution >= 4 is 35.2 Å². The van der Waals surface area contributed by atoms with Crippen molar-refractivity contribution in [3.05, 3.63) is 95.6 Å². The number of hydrogen-bond acceptors (Lipinski definition) is 4. The molecule has 0 bridgehead atoms. The van der Waals surface area contributed by atoms with Gasteiger partial charge in [0.05, 0.1) is 5.92 Å². The summed E-state index contributed by atoms with van der Waals surface area (Å²) in [6, 6.07) is 20.7. The molecule has 1 N–H and O–H groups in total. The number of alkyl halides is 2. The number of carbonyl (C=O) groups is 2. The average molecular weight is 496 g/mol. The first-order chi connectivity index (χ1) is 16.8. The number of rotatable bonds is 10. The molecule has 4 nitrogen and oxygen atoms in total. The van der Waals surface area contributed by atoms with Crippen LogP contribution in [0.3, 0.4) is 0 Å². The van der Waals surface area contributed by atoms with Crippen molar-refractivity contribution in [1.29, 1.82) is 0 Å². The standard InChI is InChI=1S/C28H27F2NO3S/c1-18(2)26(21-9-13-23(14-10-21)34-28(29)30)27(33)31-22-11-7-20(8-12-22)25(32)17-6-19-4-15-24(35-3)16-5-19/h4-18,26,28H,1-3H3,(H,31,33)/b17-6+. The minimum absolute atomic E-state index is 0.0344. The normalized spacial score (nSPS) is 12.2. The Hall–Kier alpha value is -3.45. The van der Waals surface area contributed by atoms with E-state index in [0.717, 1.165) is 10.5 Å². The van der Waals surface area contributed by atoms with Gasteiger partial charge in [0.2, 0.25) is 5.91 Å². The van der Waals surface area contributed by atoms with Crippen molar-refractivity contribution in [2.24, 2.45) is 5.92 Å². The van der Waals surface area contributed by atoms with Gasteiger partial charge < -0.3 is 10.1 Å². The molecular formula is C28H27F2NO3S. The third-order valence-electron chi connectivity index (χ3n) is 5.39. The van der Waals surface area contributed by atoms with Crippen LogP contribution < -0.4 is 10.1 Å². The van der Waals surface area contributed by atoms with Crippen molar-refractivity contribution in [2.75, 3.05) is 11.6 Å². The maximum absolute atomic E-state index is 13.0. The van der Waals surface area contributed by atoms with Crippen LogP contribution in [-0.4, -0.2) is 24.6 Å². The predicted molar refractivity (Wildman–Crippen MR) is 137 cm³/mol. The van der Waals surface area contributed by atoms with Crippen LogP contribution >= 0.6 is 11.8 Å². The number of carbonyl (C=O) groups excluding carboxylic acids is 2. The quantitative estimate of drug-likeness (QED) is 0.182. The molecule has 0 aliphatic carbocycles. The van der Waals surface area contributed by atoms with Gasteiger partial charge in [-0.25, -0.2) is 0 Å². The highest BCUT2D eigenvalue weighted by Gasteiger charge is 2.24. The van der Waals surface area contributed by atoms with Gasteiger partial charge in [-0.3, -0.25) is 9.59 Å². The zero-order valence-corrected chi connectivity index (χ0v) is 20.5. The average Bonchev–Trinajstić information content (AvgIpc) is 2.84. The van der Waals surface area contributed by atoms with Gasteiger partial charge in [-0.1, -0.05) is 44.2 Å². The first kappa shape index (κ1) is 26.2.